The van der Waals surface area contributed by atoms with E-state index in [9.17, 15) is 39.0 Å². The minimum Gasteiger partial charge on any atom is -0.550 e. The summed E-state index contributed by atoms with van der Waals surface area (Å²) in [6, 6.07) is 32.3. The van der Waals surface area contributed by atoms with E-state index in [1.165, 1.54) is 26.4 Å². The maximum atomic E-state index is 12.1. The van der Waals surface area contributed by atoms with E-state index in [0.29, 0.717) is 22.6 Å². The number of benzene rings is 4. The van der Waals surface area contributed by atoms with E-state index >= 15 is 0 Å². The van der Waals surface area contributed by atoms with Crippen molar-refractivity contribution >= 4 is 85.6 Å². The Kier molecular flexibility index (Phi) is 23.0. The van der Waals surface area contributed by atoms with Gasteiger partial charge in [0.15, 0.2) is 0 Å². The molecule has 0 saturated carbocycles. The summed E-state index contributed by atoms with van der Waals surface area (Å²) < 4.78 is 20.9. The quantitative estimate of drug-likeness (QED) is 0.0749. The average molecular weight is 833 g/mol. The zero-order chi connectivity index (χ0) is 42.1. The molecule has 0 spiro atoms. The SMILES string of the molecule is COc1ccc(C(CNC(=O)/C=C/c2ccccc2)OC(=O)CCC(=O)[O-])cc1.COc1ccc(C(CNC(=O)/C=C/c2ccccc2)OC(=O)CCC(=O)[O-])cc1.[Ca+2]. The molecule has 4 aromatic carbocycles. The van der Waals surface area contributed by atoms with Crippen LogP contribution in [0, 0.1) is 0 Å². The van der Waals surface area contributed by atoms with Crippen LogP contribution in [0.15, 0.2) is 121 Å². The van der Waals surface area contributed by atoms with Crippen molar-refractivity contribution in [3.8, 4) is 11.5 Å². The Morgan fingerprint density at radius 2 is 0.864 bits per heavy atom. The van der Waals surface area contributed by atoms with Crippen molar-refractivity contribution in [1.29, 1.82) is 0 Å². The van der Waals surface area contributed by atoms with Crippen LogP contribution in [0.25, 0.3) is 12.2 Å². The standard InChI is InChI=1S/2C22H23NO6.Ca/c2*1-28-18-10-8-17(9-11-18)19(29-22(27)14-13-21(25)26)15-23-20(24)12-7-16-5-3-2-4-6-16;/h2*2-12,19H,13-15H2,1H3,(H,23,24)(H,25,26);/q;;+2/p-2/b2*12-7+;. The van der Waals surface area contributed by atoms with Gasteiger partial charge in [0.2, 0.25) is 11.8 Å². The number of methoxy groups -OCH3 is 2. The molecule has 0 bridgehead atoms. The summed E-state index contributed by atoms with van der Waals surface area (Å²) in [6.45, 7) is 0.0582. The number of hydrogen-bond donors (Lipinski definition) is 2. The number of esters is 2. The fourth-order valence-electron chi connectivity index (χ4n) is 4.91. The van der Waals surface area contributed by atoms with Gasteiger partial charge < -0.3 is 49.4 Å². The molecule has 0 fully saturated rings. The van der Waals surface area contributed by atoms with E-state index in [1.807, 2.05) is 60.7 Å². The van der Waals surface area contributed by atoms with Crippen molar-refractivity contribution < 1.29 is 57.9 Å². The van der Waals surface area contributed by atoms with Gasteiger partial charge >= 0.3 is 49.7 Å². The smallest absolute Gasteiger partial charge is 0.550 e. The number of aliphatic carboxylic acids is 2. The second-order valence-corrected chi connectivity index (χ2v) is 12.2. The number of carbonyl (C=O) groups excluding carboxylic acids is 6. The molecule has 4 aromatic rings. The molecular weight excluding hydrogens is 789 g/mol. The molecule has 2 N–H and O–H groups in total. The molecular formula is C44H44CaN2O12. The maximum absolute atomic E-state index is 12.1. The van der Waals surface area contributed by atoms with Crippen LogP contribution < -0.4 is 30.3 Å². The Balaban J connectivity index is 0.000000400. The van der Waals surface area contributed by atoms with Crippen LogP contribution in [0.4, 0.5) is 0 Å². The molecule has 15 heteroatoms. The monoisotopic (exact) mass is 832 g/mol. The molecule has 0 aromatic heterocycles. The van der Waals surface area contributed by atoms with Crippen molar-refractivity contribution in [2.24, 2.45) is 0 Å². The molecule has 0 saturated heterocycles. The predicted octanol–water partition coefficient (Wildman–Crippen LogP) is 2.90. The molecule has 0 radical (unpaired) electrons. The maximum Gasteiger partial charge on any atom is 2.00 e. The fraction of sp³-hybridized carbons (Fsp3) is 0.227. The zero-order valence-electron chi connectivity index (χ0n) is 32.7. The van der Waals surface area contributed by atoms with Crippen LogP contribution in [0.1, 0.15) is 60.1 Å². The molecule has 0 aliphatic carbocycles. The number of carboxylic acids is 2. The Hall–Kier alpha value is -5.96. The van der Waals surface area contributed by atoms with Gasteiger partial charge in [0, 0.05) is 24.1 Å². The van der Waals surface area contributed by atoms with Crippen LogP contribution in [-0.2, 0) is 38.2 Å². The normalized spacial score (nSPS) is 11.4. The van der Waals surface area contributed by atoms with E-state index in [4.69, 9.17) is 18.9 Å². The van der Waals surface area contributed by atoms with Crippen molar-refractivity contribution in [1.82, 2.24) is 10.6 Å². The third-order valence-corrected chi connectivity index (χ3v) is 7.97. The van der Waals surface area contributed by atoms with Crippen LogP contribution in [-0.4, -0.2) is 101 Å². The van der Waals surface area contributed by atoms with Crippen LogP contribution in [0.2, 0.25) is 0 Å². The van der Waals surface area contributed by atoms with Gasteiger partial charge in [-0.05, 0) is 71.5 Å². The topological polar surface area (TPSA) is 210 Å². The number of amides is 2. The number of carboxylic acid groups (broad SMARTS) is 2. The first-order valence-electron chi connectivity index (χ1n) is 18.0. The number of rotatable bonds is 20. The van der Waals surface area contributed by atoms with Crippen molar-refractivity contribution in [2.75, 3.05) is 27.3 Å². The van der Waals surface area contributed by atoms with Crippen LogP contribution >= 0.6 is 0 Å². The predicted molar refractivity (Wildman–Crippen MR) is 215 cm³/mol. The van der Waals surface area contributed by atoms with E-state index in [0.717, 1.165) is 11.1 Å². The molecule has 14 nitrogen and oxygen atoms in total. The summed E-state index contributed by atoms with van der Waals surface area (Å²) in [5.74, 6) is -3.48. The fourth-order valence-corrected chi connectivity index (χ4v) is 4.91. The molecule has 59 heavy (non-hydrogen) atoms. The van der Waals surface area contributed by atoms with Gasteiger partial charge in [0.1, 0.15) is 23.7 Å². The second kappa shape index (κ2) is 27.6. The summed E-state index contributed by atoms with van der Waals surface area (Å²) in [5.41, 5.74) is 3.03. The number of carbonyl (C=O) groups is 6. The third kappa shape index (κ3) is 20.3. The third-order valence-electron chi connectivity index (χ3n) is 7.97. The molecule has 2 amide bonds. The van der Waals surface area contributed by atoms with Gasteiger partial charge in [0.25, 0.3) is 0 Å². The van der Waals surface area contributed by atoms with Gasteiger partial charge in [-0.3, -0.25) is 19.2 Å². The van der Waals surface area contributed by atoms with Crippen molar-refractivity contribution in [2.45, 2.75) is 37.9 Å². The Morgan fingerprint density at radius 1 is 0.525 bits per heavy atom. The minimum atomic E-state index is -1.33. The number of nitrogens with one attached hydrogen (secondary N) is 2. The first-order chi connectivity index (χ1) is 27.9. The molecule has 4 rings (SSSR count). The molecule has 0 aliphatic heterocycles. The van der Waals surface area contributed by atoms with Crippen LogP contribution in [0.5, 0.6) is 11.5 Å². The van der Waals surface area contributed by atoms with E-state index in [1.54, 1.807) is 60.7 Å². The zero-order valence-corrected chi connectivity index (χ0v) is 34.9. The molecule has 304 valence electrons. The second-order valence-electron chi connectivity index (χ2n) is 12.2. The largest absolute Gasteiger partial charge is 2.00 e. The molecule has 0 aliphatic rings. The number of ether oxygens (including phenoxy) is 4. The Morgan fingerprint density at radius 3 is 1.17 bits per heavy atom. The van der Waals surface area contributed by atoms with Crippen molar-refractivity contribution in [3.05, 3.63) is 144 Å². The van der Waals surface area contributed by atoms with Gasteiger partial charge in [-0.25, -0.2) is 0 Å². The van der Waals surface area contributed by atoms with Gasteiger partial charge in [0.05, 0.1) is 40.2 Å². The van der Waals surface area contributed by atoms with Crippen molar-refractivity contribution in [3.63, 3.8) is 0 Å². The van der Waals surface area contributed by atoms with Gasteiger partial charge in [-0.1, -0.05) is 84.9 Å². The van der Waals surface area contributed by atoms with Gasteiger partial charge in [-0.2, -0.15) is 0 Å². The Bertz CT molecular complexity index is 1840. The molecule has 2 unspecified atom stereocenters. The van der Waals surface area contributed by atoms with Crippen LogP contribution in [0.3, 0.4) is 0 Å². The Labute approximate surface area is 372 Å². The van der Waals surface area contributed by atoms with E-state index in [2.05, 4.69) is 10.6 Å². The van der Waals surface area contributed by atoms with Gasteiger partial charge in [-0.15, -0.1) is 0 Å². The summed E-state index contributed by atoms with van der Waals surface area (Å²) in [4.78, 5) is 69.2. The summed E-state index contributed by atoms with van der Waals surface area (Å²) >= 11 is 0. The summed E-state index contributed by atoms with van der Waals surface area (Å²) in [6.07, 6.45) is 3.09. The summed E-state index contributed by atoms with van der Waals surface area (Å²) in [5, 5.41) is 26.4. The van der Waals surface area contributed by atoms with E-state index < -0.39 is 48.9 Å². The first-order valence-corrected chi connectivity index (χ1v) is 18.0. The molecule has 0 heterocycles. The first kappa shape index (κ1) is 49.2. The minimum absolute atomic E-state index is 0. The summed E-state index contributed by atoms with van der Waals surface area (Å²) in [7, 11) is 3.07. The molecule has 2 atom stereocenters. The average Bonchev–Trinajstić information content (AvgIpc) is 3.24. The van der Waals surface area contributed by atoms with E-state index in [-0.39, 0.29) is 75.5 Å². The number of hydrogen-bond acceptors (Lipinski definition) is 12.